The summed E-state index contributed by atoms with van der Waals surface area (Å²) >= 11 is 0. The Morgan fingerprint density at radius 1 is 0.714 bits per heavy atom. The molecule has 0 aliphatic carbocycles. The molecule has 0 N–H and O–H groups in total. The quantitative estimate of drug-likeness (QED) is 0.182. The maximum absolute atomic E-state index is 12.9. The van der Waals surface area contributed by atoms with Gasteiger partial charge in [-0.2, -0.15) is 0 Å². The molecular formula is C31H30O3Si. The number of carbonyl (C=O) groups is 2. The normalized spacial score (nSPS) is 11.7. The summed E-state index contributed by atoms with van der Waals surface area (Å²) in [6.07, 6.45) is 0.773. The molecule has 176 valence electrons. The van der Waals surface area contributed by atoms with Crippen molar-refractivity contribution in [1.82, 2.24) is 0 Å². The van der Waals surface area contributed by atoms with E-state index >= 15 is 0 Å². The van der Waals surface area contributed by atoms with E-state index < -0.39 is 8.32 Å². The van der Waals surface area contributed by atoms with Crippen LogP contribution in [0.3, 0.4) is 0 Å². The molecule has 0 aliphatic rings. The van der Waals surface area contributed by atoms with Crippen molar-refractivity contribution in [3.05, 3.63) is 131 Å². The first-order valence-electron chi connectivity index (χ1n) is 11.8. The monoisotopic (exact) mass is 478 g/mol. The van der Waals surface area contributed by atoms with E-state index in [1.807, 2.05) is 36.4 Å². The molecule has 0 unspecified atom stereocenters. The maximum atomic E-state index is 12.9. The highest BCUT2D eigenvalue weighted by Gasteiger charge is 2.50. The summed E-state index contributed by atoms with van der Waals surface area (Å²) in [5.74, 6) is -0.0677. The topological polar surface area (TPSA) is 43.4 Å². The lowest BCUT2D eigenvalue weighted by Crippen LogP contribution is -2.66. The third-order valence-corrected chi connectivity index (χ3v) is 11.4. The zero-order valence-corrected chi connectivity index (χ0v) is 21.4. The van der Waals surface area contributed by atoms with Gasteiger partial charge in [-0.15, -0.1) is 0 Å². The number of rotatable bonds is 8. The van der Waals surface area contributed by atoms with Gasteiger partial charge in [0, 0.05) is 16.7 Å². The van der Waals surface area contributed by atoms with Crippen LogP contribution in [0.15, 0.2) is 109 Å². The second-order valence-corrected chi connectivity index (χ2v) is 14.0. The zero-order chi connectivity index (χ0) is 24.9. The van der Waals surface area contributed by atoms with Gasteiger partial charge in [0.2, 0.25) is 0 Å². The Balaban J connectivity index is 1.62. The lowest BCUT2D eigenvalue weighted by atomic mass is 10.0. The molecule has 4 rings (SSSR count). The van der Waals surface area contributed by atoms with Gasteiger partial charge in [0.1, 0.15) is 6.29 Å². The summed E-state index contributed by atoms with van der Waals surface area (Å²) in [7, 11) is -2.62. The Kier molecular flexibility index (Phi) is 7.25. The number of aldehydes is 1. The Morgan fingerprint density at radius 3 is 1.60 bits per heavy atom. The van der Waals surface area contributed by atoms with E-state index in [4.69, 9.17) is 4.43 Å². The Bertz CT molecular complexity index is 1230. The van der Waals surface area contributed by atoms with E-state index in [0.717, 1.165) is 11.8 Å². The van der Waals surface area contributed by atoms with Crippen LogP contribution in [-0.2, 0) is 11.0 Å². The van der Waals surface area contributed by atoms with Crippen molar-refractivity contribution in [2.45, 2.75) is 32.4 Å². The number of ketones is 1. The van der Waals surface area contributed by atoms with Gasteiger partial charge in [-0.25, -0.2) is 0 Å². The fourth-order valence-corrected chi connectivity index (χ4v) is 9.12. The van der Waals surface area contributed by atoms with E-state index in [0.29, 0.717) is 23.3 Å². The molecule has 0 fully saturated rings. The average molecular weight is 479 g/mol. The molecule has 0 radical (unpaired) electrons. The molecule has 4 aromatic carbocycles. The standard InChI is InChI=1S/C31H30O3Si/c1-31(2,3)35(28-10-6-4-7-11-28,29-12-8-5-9-13-29)34-23-25-16-20-27(21-17-25)30(33)26-18-14-24(22-32)15-19-26/h4-22H,23H2,1-3H3. The van der Waals surface area contributed by atoms with Gasteiger partial charge in [-0.3, -0.25) is 9.59 Å². The number of benzene rings is 4. The average Bonchev–Trinajstić information content (AvgIpc) is 2.89. The highest BCUT2D eigenvalue weighted by atomic mass is 28.4. The van der Waals surface area contributed by atoms with E-state index in [9.17, 15) is 9.59 Å². The van der Waals surface area contributed by atoms with Gasteiger partial charge in [-0.05, 0) is 21.0 Å². The molecule has 4 heteroatoms. The van der Waals surface area contributed by atoms with Gasteiger partial charge in [0.25, 0.3) is 8.32 Å². The third-order valence-electron chi connectivity index (χ3n) is 6.40. The minimum atomic E-state index is -2.62. The van der Waals surface area contributed by atoms with Crippen molar-refractivity contribution in [3.63, 3.8) is 0 Å². The summed E-state index contributed by atoms with van der Waals surface area (Å²) in [6.45, 7) is 7.24. The minimum absolute atomic E-state index is 0.0677. The van der Waals surface area contributed by atoms with Crippen LogP contribution in [0.2, 0.25) is 5.04 Å². The molecule has 0 spiro atoms. The van der Waals surface area contributed by atoms with Crippen molar-refractivity contribution < 1.29 is 14.0 Å². The fraction of sp³-hybridized carbons (Fsp3) is 0.161. The maximum Gasteiger partial charge on any atom is 0.261 e. The van der Waals surface area contributed by atoms with Crippen LogP contribution in [0, 0.1) is 0 Å². The van der Waals surface area contributed by atoms with Crippen LogP contribution in [-0.4, -0.2) is 20.4 Å². The highest BCUT2D eigenvalue weighted by Crippen LogP contribution is 2.37. The van der Waals surface area contributed by atoms with Crippen molar-refractivity contribution in [2.24, 2.45) is 0 Å². The van der Waals surface area contributed by atoms with Crippen molar-refractivity contribution in [3.8, 4) is 0 Å². The summed E-state index contributed by atoms with van der Waals surface area (Å²) < 4.78 is 6.98. The molecule has 0 aliphatic heterocycles. The predicted molar refractivity (Wildman–Crippen MR) is 144 cm³/mol. The predicted octanol–water partition coefficient (Wildman–Crippen LogP) is 5.81. The van der Waals surface area contributed by atoms with Crippen LogP contribution in [0.4, 0.5) is 0 Å². The molecule has 0 heterocycles. The molecule has 0 aromatic heterocycles. The first-order chi connectivity index (χ1) is 16.8. The largest absolute Gasteiger partial charge is 0.403 e. The molecule has 0 amide bonds. The minimum Gasteiger partial charge on any atom is -0.403 e. The van der Waals surface area contributed by atoms with Crippen LogP contribution in [0.25, 0.3) is 0 Å². The smallest absolute Gasteiger partial charge is 0.261 e. The second-order valence-electron chi connectivity index (χ2n) is 9.72. The van der Waals surface area contributed by atoms with Crippen molar-refractivity contribution in [2.75, 3.05) is 0 Å². The Hall–Kier alpha value is -3.60. The summed E-state index contributed by atoms with van der Waals surface area (Å²) in [6, 6.07) is 35.4. The van der Waals surface area contributed by atoms with Crippen molar-refractivity contribution in [1.29, 1.82) is 0 Å². The van der Waals surface area contributed by atoms with Gasteiger partial charge in [0.05, 0.1) is 6.61 Å². The molecule has 0 atom stereocenters. The lowest BCUT2D eigenvalue weighted by Gasteiger charge is -2.43. The van der Waals surface area contributed by atoms with Crippen LogP contribution in [0.5, 0.6) is 0 Å². The molecule has 0 saturated carbocycles. The highest BCUT2D eigenvalue weighted by molar-refractivity contribution is 6.99. The summed E-state index contributed by atoms with van der Waals surface area (Å²) in [5.41, 5.74) is 2.74. The molecule has 35 heavy (non-hydrogen) atoms. The van der Waals surface area contributed by atoms with E-state index in [-0.39, 0.29) is 10.8 Å². The molecule has 4 aromatic rings. The Labute approximate surface area is 208 Å². The van der Waals surface area contributed by atoms with Gasteiger partial charge in [0.15, 0.2) is 5.78 Å². The van der Waals surface area contributed by atoms with Gasteiger partial charge >= 0.3 is 0 Å². The van der Waals surface area contributed by atoms with E-state index in [1.165, 1.54) is 10.4 Å². The first kappa shape index (κ1) is 24.5. The first-order valence-corrected chi connectivity index (χ1v) is 13.7. The molecule has 3 nitrogen and oxygen atoms in total. The van der Waals surface area contributed by atoms with Crippen LogP contribution < -0.4 is 10.4 Å². The van der Waals surface area contributed by atoms with Crippen LogP contribution >= 0.6 is 0 Å². The molecular weight excluding hydrogens is 448 g/mol. The summed E-state index contributed by atoms with van der Waals surface area (Å²) in [5, 5.41) is 2.38. The summed E-state index contributed by atoms with van der Waals surface area (Å²) in [4.78, 5) is 23.7. The van der Waals surface area contributed by atoms with E-state index in [1.54, 1.807) is 24.3 Å². The second kappa shape index (κ2) is 10.3. The van der Waals surface area contributed by atoms with Crippen LogP contribution in [0.1, 0.15) is 52.6 Å². The van der Waals surface area contributed by atoms with E-state index in [2.05, 4.69) is 69.3 Å². The third kappa shape index (κ3) is 5.09. The van der Waals surface area contributed by atoms with Gasteiger partial charge < -0.3 is 4.43 Å². The number of hydrogen-bond acceptors (Lipinski definition) is 3. The van der Waals surface area contributed by atoms with Crippen molar-refractivity contribution >= 4 is 30.8 Å². The fourth-order valence-electron chi connectivity index (χ4n) is 4.59. The number of hydrogen-bond donors (Lipinski definition) is 0. The van der Waals surface area contributed by atoms with Gasteiger partial charge in [-0.1, -0.05) is 130 Å². The zero-order valence-electron chi connectivity index (χ0n) is 20.4. The molecule has 0 bridgehead atoms. The Morgan fingerprint density at radius 2 is 1.17 bits per heavy atom. The SMILES string of the molecule is CC(C)(C)[Si](OCc1ccc(C(=O)c2ccc(C=O)cc2)cc1)(c1ccccc1)c1ccccc1. The number of carbonyl (C=O) groups excluding carboxylic acids is 2. The molecule has 0 saturated heterocycles. The lowest BCUT2D eigenvalue weighted by molar-refractivity contribution is 0.103.